The number of likely N-dealkylation sites (tertiary alicyclic amines) is 1. The zero-order valence-electron chi connectivity index (χ0n) is 15.7. The standard InChI is InChI=1S/C20H33N3O/c1-19(2)11-17(12-20(3,4)22-19)23-10-6-8-18(14-23)24-15-16-7-5-9-21-13-16/h5,7,9,13,17-18,22H,6,8,10-12,14-15H2,1-4H3/t18-/m0/s1. The summed E-state index contributed by atoms with van der Waals surface area (Å²) < 4.78 is 6.20. The Bertz CT molecular complexity index is 513. The lowest BCUT2D eigenvalue weighted by molar-refractivity contribution is -0.0373. The van der Waals surface area contributed by atoms with E-state index in [0.29, 0.717) is 18.8 Å². The topological polar surface area (TPSA) is 37.4 Å². The van der Waals surface area contributed by atoms with Crippen LogP contribution < -0.4 is 5.32 Å². The number of ether oxygens (including phenoxy) is 1. The van der Waals surface area contributed by atoms with Crippen molar-refractivity contribution in [2.45, 2.75) is 83.2 Å². The van der Waals surface area contributed by atoms with Crippen molar-refractivity contribution in [3.63, 3.8) is 0 Å². The van der Waals surface area contributed by atoms with E-state index in [-0.39, 0.29) is 11.1 Å². The van der Waals surface area contributed by atoms with E-state index in [1.807, 2.05) is 18.5 Å². The van der Waals surface area contributed by atoms with E-state index in [4.69, 9.17) is 4.74 Å². The Morgan fingerprint density at radius 1 is 1.25 bits per heavy atom. The largest absolute Gasteiger partial charge is 0.372 e. The molecular formula is C20H33N3O. The minimum Gasteiger partial charge on any atom is -0.372 e. The molecule has 2 fully saturated rings. The summed E-state index contributed by atoms with van der Waals surface area (Å²) in [6.07, 6.45) is 8.90. The predicted octanol–water partition coefficient (Wildman–Crippen LogP) is 3.37. The van der Waals surface area contributed by atoms with Gasteiger partial charge >= 0.3 is 0 Å². The van der Waals surface area contributed by atoms with Gasteiger partial charge in [-0.1, -0.05) is 6.07 Å². The Balaban J connectivity index is 1.57. The van der Waals surface area contributed by atoms with Gasteiger partial charge in [0.25, 0.3) is 0 Å². The third kappa shape index (κ3) is 4.78. The molecule has 0 amide bonds. The second kappa shape index (κ2) is 7.11. The van der Waals surface area contributed by atoms with E-state index in [0.717, 1.165) is 6.54 Å². The van der Waals surface area contributed by atoms with Crippen molar-refractivity contribution in [3.05, 3.63) is 30.1 Å². The molecule has 3 heterocycles. The summed E-state index contributed by atoms with van der Waals surface area (Å²) in [6.45, 7) is 12.3. The van der Waals surface area contributed by atoms with Crippen LogP contribution in [0.25, 0.3) is 0 Å². The molecule has 1 N–H and O–H groups in total. The molecule has 3 rings (SSSR count). The maximum atomic E-state index is 6.20. The normalized spacial score (nSPS) is 27.9. The quantitative estimate of drug-likeness (QED) is 0.918. The molecule has 4 heteroatoms. The maximum absolute atomic E-state index is 6.20. The Kier molecular flexibility index (Phi) is 5.28. The number of hydrogen-bond acceptors (Lipinski definition) is 4. The second-order valence-electron chi connectivity index (χ2n) is 8.89. The number of hydrogen-bond donors (Lipinski definition) is 1. The Morgan fingerprint density at radius 2 is 2.00 bits per heavy atom. The Morgan fingerprint density at radius 3 is 2.67 bits per heavy atom. The summed E-state index contributed by atoms with van der Waals surface area (Å²) in [7, 11) is 0. The molecule has 2 aliphatic heterocycles. The Hall–Kier alpha value is -0.970. The van der Waals surface area contributed by atoms with E-state index < -0.39 is 0 Å². The first-order valence-electron chi connectivity index (χ1n) is 9.37. The van der Waals surface area contributed by atoms with E-state index >= 15 is 0 Å². The monoisotopic (exact) mass is 331 g/mol. The summed E-state index contributed by atoms with van der Waals surface area (Å²) in [5.74, 6) is 0. The molecule has 0 spiro atoms. The maximum Gasteiger partial charge on any atom is 0.0736 e. The van der Waals surface area contributed by atoms with Gasteiger partial charge < -0.3 is 10.1 Å². The number of aromatic nitrogens is 1. The van der Waals surface area contributed by atoms with Crippen LogP contribution in [0.5, 0.6) is 0 Å². The summed E-state index contributed by atoms with van der Waals surface area (Å²) >= 11 is 0. The molecule has 0 aliphatic carbocycles. The van der Waals surface area contributed by atoms with Gasteiger partial charge in [-0.25, -0.2) is 0 Å². The highest BCUT2D eigenvalue weighted by atomic mass is 16.5. The first kappa shape index (κ1) is 17.8. The van der Waals surface area contributed by atoms with Crippen LogP contribution in [0.15, 0.2) is 24.5 Å². The zero-order valence-corrected chi connectivity index (χ0v) is 15.7. The minimum atomic E-state index is 0.204. The molecule has 0 saturated carbocycles. The molecule has 0 aromatic carbocycles. The first-order valence-corrected chi connectivity index (χ1v) is 9.37. The second-order valence-corrected chi connectivity index (χ2v) is 8.89. The lowest BCUT2D eigenvalue weighted by Crippen LogP contribution is -2.63. The fraction of sp³-hybridized carbons (Fsp3) is 0.750. The number of nitrogens with one attached hydrogen (secondary N) is 1. The highest BCUT2D eigenvalue weighted by Gasteiger charge is 2.40. The van der Waals surface area contributed by atoms with Gasteiger partial charge in [-0.2, -0.15) is 0 Å². The smallest absolute Gasteiger partial charge is 0.0736 e. The molecule has 1 aromatic heterocycles. The lowest BCUT2D eigenvalue weighted by atomic mass is 9.78. The van der Waals surface area contributed by atoms with Crippen LogP contribution in [0.4, 0.5) is 0 Å². The van der Waals surface area contributed by atoms with Gasteiger partial charge in [0.2, 0.25) is 0 Å². The molecule has 24 heavy (non-hydrogen) atoms. The van der Waals surface area contributed by atoms with Crippen molar-refractivity contribution < 1.29 is 4.74 Å². The fourth-order valence-corrected chi connectivity index (χ4v) is 4.66. The number of nitrogens with zero attached hydrogens (tertiary/aromatic N) is 2. The minimum absolute atomic E-state index is 0.204. The van der Waals surface area contributed by atoms with Crippen molar-refractivity contribution in [2.24, 2.45) is 0 Å². The van der Waals surface area contributed by atoms with Crippen LogP contribution in [0.2, 0.25) is 0 Å². The number of rotatable bonds is 4. The highest BCUT2D eigenvalue weighted by Crippen LogP contribution is 2.33. The van der Waals surface area contributed by atoms with Gasteiger partial charge in [0.05, 0.1) is 12.7 Å². The first-order chi connectivity index (χ1) is 11.3. The van der Waals surface area contributed by atoms with Gasteiger partial charge in [0, 0.05) is 36.1 Å². The molecule has 2 saturated heterocycles. The van der Waals surface area contributed by atoms with Gasteiger partial charge in [-0.3, -0.25) is 9.88 Å². The van der Waals surface area contributed by atoms with E-state index in [1.54, 1.807) is 0 Å². The van der Waals surface area contributed by atoms with Crippen molar-refractivity contribution >= 4 is 0 Å². The Labute approximate surface area is 147 Å². The van der Waals surface area contributed by atoms with Gasteiger partial charge in [0.1, 0.15) is 0 Å². The number of pyridine rings is 1. The molecule has 1 aromatic rings. The van der Waals surface area contributed by atoms with Gasteiger partial charge in [-0.15, -0.1) is 0 Å². The molecule has 0 bridgehead atoms. The summed E-state index contributed by atoms with van der Waals surface area (Å²) in [6, 6.07) is 4.72. The molecular weight excluding hydrogens is 298 g/mol. The van der Waals surface area contributed by atoms with Crippen molar-refractivity contribution in [1.82, 2.24) is 15.2 Å². The fourth-order valence-electron chi connectivity index (χ4n) is 4.66. The van der Waals surface area contributed by atoms with E-state index in [9.17, 15) is 0 Å². The molecule has 2 aliphatic rings. The van der Waals surface area contributed by atoms with Crippen molar-refractivity contribution in [3.8, 4) is 0 Å². The molecule has 0 radical (unpaired) electrons. The van der Waals surface area contributed by atoms with E-state index in [2.05, 4.69) is 49.0 Å². The molecule has 1 atom stereocenters. The SMILES string of the molecule is CC1(C)CC(N2CCC[C@H](OCc3cccnc3)C2)CC(C)(C)N1. The molecule has 4 nitrogen and oxygen atoms in total. The number of piperidine rings is 2. The van der Waals surface area contributed by atoms with E-state index in [1.165, 1.54) is 37.8 Å². The lowest BCUT2D eigenvalue weighted by Gasteiger charge is -2.51. The van der Waals surface area contributed by atoms with Crippen LogP contribution in [-0.2, 0) is 11.3 Å². The molecule has 0 unspecified atom stereocenters. The van der Waals surface area contributed by atoms with Crippen LogP contribution in [-0.4, -0.2) is 46.2 Å². The average Bonchev–Trinajstić information content (AvgIpc) is 2.51. The van der Waals surface area contributed by atoms with Crippen LogP contribution in [0, 0.1) is 0 Å². The van der Waals surface area contributed by atoms with Crippen molar-refractivity contribution in [1.29, 1.82) is 0 Å². The average molecular weight is 332 g/mol. The highest BCUT2D eigenvalue weighted by molar-refractivity contribution is 5.07. The van der Waals surface area contributed by atoms with Gasteiger partial charge in [0.15, 0.2) is 0 Å². The summed E-state index contributed by atoms with van der Waals surface area (Å²) in [5.41, 5.74) is 1.57. The third-order valence-corrected chi connectivity index (χ3v) is 5.30. The van der Waals surface area contributed by atoms with Crippen LogP contribution >= 0.6 is 0 Å². The third-order valence-electron chi connectivity index (χ3n) is 5.30. The zero-order chi connectivity index (χ0) is 17.2. The van der Waals surface area contributed by atoms with Crippen LogP contribution in [0.3, 0.4) is 0 Å². The van der Waals surface area contributed by atoms with Crippen LogP contribution in [0.1, 0.15) is 58.9 Å². The summed E-state index contributed by atoms with van der Waals surface area (Å²) in [4.78, 5) is 6.85. The van der Waals surface area contributed by atoms with Crippen molar-refractivity contribution in [2.75, 3.05) is 13.1 Å². The molecule has 134 valence electrons. The van der Waals surface area contributed by atoms with Gasteiger partial charge in [-0.05, 0) is 71.6 Å². The predicted molar refractivity (Wildman–Crippen MR) is 97.9 cm³/mol. The summed E-state index contributed by atoms with van der Waals surface area (Å²) in [5, 5.41) is 3.79.